The summed E-state index contributed by atoms with van der Waals surface area (Å²) in [5, 5.41) is 20.2. The Morgan fingerprint density at radius 3 is 2.62 bits per heavy atom. The molecule has 6 heteroatoms. The van der Waals surface area contributed by atoms with Gasteiger partial charge in [0, 0.05) is 5.56 Å². The van der Waals surface area contributed by atoms with Crippen molar-refractivity contribution < 1.29 is 14.3 Å². The van der Waals surface area contributed by atoms with Gasteiger partial charge in [-0.05, 0) is 38.3 Å². The zero-order valence-corrected chi connectivity index (χ0v) is 11.8. The number of aromatic nitrogens is 2. The molecule has 0 saturated heterocycles. The summed E-state index contributed by atoms with van der Waals surface area (Å²) in [4.78, 5) is 11.3. The second-order valence-corrected chi connectivity index (χ2v) is 5.46. The van der Waals surface area contributed by atoms with Gasteiger partial charge in [0.1, 0.15) is 5.54 Å². The van der Waals surface area contributed by atoms with Crippen molar-refractivity contribution >= 4 is 5.97 Å². The Kier molecular flexibility index (Phi) is 3.47. The van der Waals surface area contributed by atoms with Crippen molar-refractivity contribution in [2.24, 2.45) is 0 Å². The zero-order valence-electron chi connectivity index (χ0n) is 11.8. The number of aryl methyl sites for hydroxylation is 1. The smallest absolute Gasteiger partial charge is 0.323 e. The third-order valence-electron chi connectivity index (χ3n) is 3.96. The van der Waals surface area contributed by atoms with E-state index in [0.29, 0.717) is 24.6 Å². The van der Waals surface area contributed by atoms with Crippen LogP contribution in [0.4, 0.5) is 0 Å². The molecule has 0 spiro atoms. The summed E-state index contributed by atoms with van der Waals surface area (Å²) in [5.74, 6) is 0.0370. The predicted octanol–water partition coefficient (Wildman–Crippen LogP) is 2.14. The Labute approximate surface area is 122 Å². The molecule has 1 saturated carbocycles. The Bertz CT molecular complexity index is 644. The van der Waals surface area contributed by atoms with E-state index < -0.39 is 11.5 Å². The Hall–Kier alpha value is -2.21. The first-order valence-electron chi connectivity index (χ1n) is 6.97. The minimum Gasteiger partial charge on any atom is -0.480 e. The van der Waals surface area contributed by atoms with Crippen LogP contribution >= 0.6 is 0 Å². The fourth-order valence-electron chi connectivity index (χ4n) is 2.38. The van der Waals surface area contributed by atoms with Gasteiger partial charge in [-0.2, -0.15) is 0 Å². The summed E-state index contributed by atoms with van der Waals surface area (Å²) < 4.78 is 5.58. The number of nitrogens with zero attached hydrogens (tertiary/aromatic N) is 2. The third kappa shape index (κ3) is 2.67. The van der Waals surface area contributed by atoms with Crippen LogP contribution in [0.3, 0.4) is 0 Å². The molecule has 1 aliphatic rings. The van der Waals surface area contributed by atoms with Crippen LogP contribution in [0.1, 0.15) is 30.7 Å². The lowest BCUT2D eigenvalue weighted by molar-refractivity contribution is -0.149. The summed E-state index contributed by atoms with van der Waals surface area (Å²) in [6.07, 6.45) is 2.21. The van der Waals surface area contributed by atoms with Crippen molar-refractivity contribution in [2.75, 3.05) is 0 Å². The van der Waals surface area contributed by atoms with Crippen molar-refractivity contribution in [3.05, 3.63) is 35.7 Å². The molecule has 0 unspecified atom stereocenters. The molecule has 3 rings (SSSR count). The molecule has 1 aliphatic carbocycles. The number of carboxylic acid groups (broad SMARTS) is 1. The Morgan fingerprint density at radius 2 is 2.05 bits per heavy atom. The molecule has 2 aromatic rings. The molecule has 1 aromatic carbocycles. The van der Waals surface area contributed by atoms with Gasteiger partial charge in [0.25, 0.3) is 0 Å². The molecular formula is C15H17N3O3. The summed E-state index contributed by atoms with van der Waals surface area (Å²) in [6.45, 7) is 2.28. The second-order valence-electron chi connectivity index (χ2n) is 5.46. The molecule has 0 amide bonds. The lowest BCUT2D eigenvalue weighted by Crippen LogP contribution is -2.56. The number of carbonyl (C=O) groups is 1. The average molecular weight is 287 g/mol. The predicted molar refractivity (Wildman–Crippen MR) is 75.5 cm³/mol. The number of hydrogen-bond acceptors (Lipinski definition) is 5. The highest BCUT2D eigenvalue weighted by atomic mass is 16.4. The van der Waals surface area contributed by atoms with E-state index in [4.69, 9.17) is 4.42 Å². The number of carboxylic acids is 1. The summed E-state index contributed by atoms with van der Waals surface area (Å²) >= 11 is 0. The van der Waals surface area contributed by atoms with Crippen LogP contribution < -0.4 is 5.32 Å². The Morgan fingerprint density at radius 1 is 1.33 bits per heavy atom. The summed E-state index contributed by atoms with van der Waals surface area (Å²) in [7, 11) is 0. The topological polar surface area (TPSA) is 88.2 Å². The van der Waals surface area contributed by atoms with Crippen LogP contribution in [0.5, 0.6) is 0 Å². The van der Waals surface area contributed by atoms with Crippen LogP contribution in [-0.2, 0) is 11.3 Å². The molecule has 1 heterocycles. The van der Waals surface area contributed by atoms with Crippen molar-refractivity contribution in [2.45, 2.75) is 38.3 Å². The van der Waals surface area contributed by atoms with Gasteiger partial charge < -0.3 is 9.52 Å². The third-order valence-corrected chi connectivity index (χ3v) is 3.96. The van der Waals surface area contributed by atoms with E-state index in [1.165, 1.54) is 0 Å². The van der Waals surface area contributed by atoms with Crippen molar-refractivity contribution in [3.63, 3.8) is 0 Å². The van der Waals surface area contributed by atoms with Gasteiger partial charge >= 0.3 is 5.97 Å². The maximum Gasteiger partial charge on any atom is 0.323 e. The first-order chi connectivity index (χ1) is 10.1. The second kappa shape index (κ2) is 5.29. The van der Waals surface area contributed by atoms with E-state index >= 15 is 0 Å². The standard InChI is InChI=1S/C15H17N3O3/c1-10-3-5-11(6-4-10)13-18-17-12(21-13)9-16-15(14(19)20)7-2-8-15/h3-6,16H,2,7-9H2,1H3,(H,19,20). The van der Waals surface area contributed by atoms with Gasteiger partial charge in [-0.3, -0.25) is 10.1 Å². The first-order valence-corrected chi connectivity index (χ1v) is 6.97. The molecule has 0 aliphatic heterocycles. The molecule has 1 aromatic heterocycles. The van der Waals surface area contributed by atoms with Crippen molar-refractivity contribution in [1.29, 1.82) is 0 Å². The number of aliphatic carboxylic acids is 1. The lowest BCUT2D eigenvalue weighted by Gasteiger charge is -2.38. The van der Waals surface area contributed by atoms with Gasteiger partial charge in [-0.25, -0.2) is 0 Å². The minimum atomic E-state index is -0.821. The molecule has 21 heavy (non-hydrogen) atoms. The molecule has 110 valence electrons. The van der Waals surface area contributed by atoms with Crippen LogP contribution in [-0.4, -0.2) is 26.8 Å². The highest BCUT2D eigenvalue weighted by molar-refractivity contribution is 5.79. The number of rotatable bonds is 5. The maximum absolute atomic E-state index is 11.3. The van der Waals surface area contributed by atoms with E-state index in [1.54, 1.807) is 0 Å². The highest BCUT2D eigenvalue weighted by Crippen LogP contribution is 2.32. The first kappa shape index (κ1) is 13.8. The number of nitrogens with one attached hydrogen (secondary N) is 1. The van der Waals surface area contributed by atoms with Crippen LogP contribution in [0.2, 0.25) is 0 Å². The lowest BCUT2D eigenvalue weighted by atomic mass is 9.77. The quantitative estimate of drug-likeness (QED) is 0.876. The zero-order chi connectivity index (χ0) is 14.9. The van der Waals surface area contributed by atoms with E-state index in [2.05, 4.69) is 15.5 Å². The van der Waals surface area contributed by atoms with E-state index in [9.17, 15) is 9.90 Å². The molecule has 6 nitrogen and oxygen atoms in total. The van der Waals surface area contributed by atoms with E-state index in [1.807, 2.05) is 31.2 Å². The average Bonchev–Trinajstić information content (AvgIpc) is 2.87. The fraction of sp³-hybridized carbons (Fsp3) is 0.400. The van der Waals surface area contributed by atoms with Crippen molar-refractivity contribution in [3.8, 4) is 11.5 Å². The van der Waals surface area contributed by atoms with Crippen LogP contribution in [0.25, 0.3) is 11.5 Å². The van der Waals surface area contributed by atoms with Gasteiger partial charge in [0.2, 0.25) is 11.8 Å². The van der Waals surface area contributed by atoms with Gasteiger partial charge in [0.05, 0.1) is 6.54 Å². The van der Waals surface area contributed by atoms with E-state index in [-0.39, 0.29) is 6.54 Å². The summed E-state index contributed by atoms with van der Waals surface area (Å²) in [6, 6.07) is 7.80. The van der Waals surface area contributed by atoms with Gasteiger partial charge in [-0.15, -0.1) is 10.2 Å². The number of hydrogen-bond donors (Lipinski definition) is 2. The van der Waals surface area contributed by atoms with Gasteiger partial charge in [-0.1, -0.05) is 17.7 Å². The normalized spacial score (nSPS) is 16.4. The largest absolute Gasteiger partial charge is 0.480 e. The molecule has 0 radical (unpaired) electrons. The minimum absolute atomic E-state index is 0.269. The molecule has 1 fully saturated rings. The maximum atomic E-state index is 11.3. The fourth-order valence-corrected chi connectivity index (χ4v) is 2.38. The molecule has 0 bridgehead atoms. The molecular weight excluding hydrogens is 270 g/mol. The van der Waals surface area contributed by atoms with E-state index in [0.717, 1.165) is 17.5 Å². The molecule has 0 atom stereocenters. The Balaban J connectivity index is 1.68. The highest BCUT2D eigenvalue weighted by Gasteiger charge is 2.44. The molecule has 2 N–H and O–H groups in total. The van der Waals surface area contributed by atoms with Crippen LogP contribution in [0.15, 0.2) is 28.7 Å². The summed E-state index contributed by atoms with van der Waals surface area (Å²) in [5.41, 5.74) is 1.20. The number of benzene rings is 1. The monoisotopic (exact) mass is 287 g/mol. The van der Waals surface area contributed by atoms with Crippen LogP contribution in [0, 0.1) is 6.92 Å². The van der Waals surface area contributed by atoms with Gasteiger partial charge in [0.15, 0.2) is 0 Å². The SMILES string of the molecule is Cc1ccc(-c2nnc(CNC3(C(=O)O)CCC3)o2)cc1. The van der Waals surface area contributed by atoms with Crippen molar-refractivity contribution in [1.82, 2.24) is 15.5 Å².